The predicted molar refractivity (Wildman–Crippen MR) is 65.8 cm³/mol. The van der Waals surface area contributed by atoms with Crippen LogP contribution in [0.3, 0.4) is 0 Å². The normalized spacial score (nSPS) is 16.2. The van der Waals surface area contributed by atoms with Gasteiger partial charge in [-0.05, 0) is 51.5 Å². The van der Waals surface area contributed by atoms with E-state index in [1.54, 1.807) is 0 Å². The molecule has 1 aliphatic rings. The molecule has 4 heteroatoms. The van der Waals surface area contributed by atoms with Crippen molar-refractivity contribution in [1.82, 2.24) is 4.57 Å². The average molecular weight is 259 g/mol. The Kier molecular flexibility index (Phi) is 3.47. The quantitative estimate of drug-likeness (QED) is 0.735. The van der Waals surface area contributed by atoms with Crippen molar-refractivity contribution in [1.29, 1.82) is 0 Å². The van der Waals surface area contributed by atoms with E-state index in [1.807, 2.05) is 25.3 Å². The summed E-state index contributed by atoms with van der Waals surface area (Å²) in [6.45, 7) is 5.75. The van der Waals surface area contributed by atoms with Crippen LogP contribution in [0.25, 0.3) is 0 Å². The molecule has 0 atom stereocenters. The van der Waals surface area contributed by atoms with Crippen LogP contribution in [0.5, 0.6) is 0 Å². The van der Waals surface area contributed by atoms with Gasteiger partial charge in [-0.15, -0.1) is 0 Å². The lowest BCUT2D eigenvalue weighted by Gasteiger charge is -2.19. The number of hydrogen-bond acceptors (Lipinski definition) is 0. The fourth-order valence-corrected chi connectivity index (χ4v) is 3.19. The van der Waals surface area contributed by atoms with Gasteiger partial charge in [-0.1, -0.05) is 6.92 Å². The van der Waals surface area contributed by atoms with Crippen LogP contribution in [0.2, 0.25) is 0 Å². The topological polar surface area (TPSA) is 4.93 Å². The van der Waals surface area contributed by atoms with Gasteiger partial charge in [0.2, 0.25) is 0 Å². The van der Waals surface area contributed by atoms with Crippen LogP contribution in [0.1, 0.15) is 62.2 Å². The van der Waals surface area contributed by atoms with Crippen LogP contribution in [-0.4, -0.2) is 4.57 Å². The minimum Gasteiger partial charge on any atom is -0.345 e. The molecule has 2 rings (SSSR count). The summed E-state index contributed by atoms with van der Waals surface area (Å²) in [5.74, 6) is 0. The van der Waals surface area contributed by atoms with Gasteiger partial charge in [0.15, 0.2) is 0 Å². The van der Waals surface area contributed by atoms with E-state index < -0.39 is 6.18 Å². The second-order valence-corrected chi connectivity index (χ2v) is 5.27. The molecule has 0 aliphatic heterocycles. The lowest BCUT2D eigenvalue weighted by Crippen LogP contribution is -2.12. The number of aromatic nitrogens is 1. The molecule has 0 N–H and O–H groups in total. The van der Waals surface area contributed by atoms with Crippen molar-refractivity contribution in [2.45, 2.75) is 65.1 Å². The number of fused-ring (bicyclic) bond motifs is 1. The van der Waals surface area contributed by atoms with Gasteiger partial charge in [0.25, 0.3) is 0 Å². The largest absolute Gasteiger partial charge is 0.418 e. The van der Waals surface area contributed by atoms with E-state index in [-0.39, 0.29) is 11.6 Å². The molecule has 0 spiro atoms. The maximum absolute atomic E-state index is 13.3. The van der Waals surface area contributed by atoms with Crippen molar-refractivity contribution >= 4 is 0 Å². The average Bonchev–Trinajstić information content (AvgIpc) is 2.62. The first-order valence-electron chi connectivity index (χ1n) is 6.69. The molecule has 1 aliphatic carbocycles. The highest BCUT2D eigenvalue weighted by Crippen LogP contribution is 2.42. The monoisotopic (exact) mass is 259 g/mol. The van der Waals surface area contributed by atoms with Gasteiger partial charge in [-0.3, -0.25) is 0 Å². The summed E-state index contributed by atoms with van der Waals surface area (Å²) in [7, 11) is 0. The van der Waals surface area contributed by atoms with Crippen LogP contribution >= 0.6 is 0 Å². The third kappa shape index (κ3) is 2.06. The molecule has 0 saturated heterocycles. The highest BCUT2D eigenvalue weighted by molar-refractivity contribution is 5.43. The van der Waals surface area contributed by atoms with Crippen molar-refractivity contribution in [3.8, 4) is 0 Å². The standard InChI is InChI=1S/C14H20F3N/c1-4-11-13(14(15,16)17)10-7-5-6-8-12(10)18(11)9(2)3/h9H,4-8H2,1-3H3. The van der Waals surface area contributed by atoms with Gasteiger partial charge in [-0.25, -0.2) is 0 Å². The number of rotatable bonds is 2. The fourth-order valence-electron chi connectivity index (χ4n) is 3.19. The van der Waals surface area contributed by atoms with Crippen molar-refractivity contribution in [3.05, 3.63) is 22.5 Å². The number of nitrogens with zero attached hydrogens (tertiary/aromatic N) is 1. The molecule has 0 saturated carbocycles. The number of hydrogen-bond donors (Lipinski definition) is 0. The van der Waals surface area contributed by atoms with E-state index in [0.29, 0.717) is 24.1 Å². The molecular weight excluding hydrogens is 239 g/mol. The Morgan fingerprint density at radius 3 is 2.28 bits per heavy atom. The van der Waals surface area contributed by atoms with Crippen LogP contribution < -0.4 is 0 Å². The summed E-state index contributed by atoms with van der Waals surface area (Å²) in [5.41, 5.74) is 1.64. The fraction of sp³-hybridized carbons (Fsp3) is 0.714. The molecule has 18 heavy (non-hydrogen) atoms. The smallest absolute Gasteiger partial charge is 0.345 e. The molecule has 0 amide bonds. The Labute approximate surface area is 106 Å². The molecule has 1 aromatic heterocycles. The third-order valence-corrected chi connectivity index (χ3v) is 3.75. The van der Waals surface area contributed by atoms with E-state index in [2.05, 4.69) is 0 Å². The van der Waals surface area contributed by atoms with E-state index in [0.717, 1.165) is 25.0 Å². The molecule has 0 radical (unpaired) electrons. The van der Waals surface area contributed by atoms with Crippen LogP contribution in [-0.2, 0) is 25.4 Å². The minimum absolute atomic E-state index is 0.0999. The Morgan fingerprint density at radius 1 is 1.17 bits per heavy atom. The first-order chi connectivity index (χ1) is 8.38. The second kappa shape index (κ2) is 4.63. The van der Waals surface area contributed by atoms with Crippen LogP contribution in [0, 0.1) is 0 Å². The zero-order valence-corrected chi connectivity index (χ0v) is 11.2. The van der Waals surface area contributed by atoms with E-state index in [4.69, 9.17) is 0 Å². The van der Waals surface area contributed by atoms with Gasteiger partial charge in [0.05, 0.1) is 5.56 Å². The molecule has 102 valence electrons. The van der Waals surface area contributed by atoms with Gasteiger partial charge in [-0.2, -0.15) is 13.2 Å². The van der Waals surface area contributed by atoms with E-state index in [1.165, 1.54) is 0 Å². The SMILES string of the molecule is CCc1c(C(F)(F)F)c2c(n1C(C)C)CCCC2. The molecular formula is C14H20F3N. The van der Waals surface area contributed by atoms with Gasteiger partial charge >= 0.3 is 6.18 Å². The molecule has 0 bridgehead atoms. The van der Waals surface area contributed by atoms with Crippen molar-refractivity contribution in [3.63, 3.8) is 0 Å². The van der Waals surface area contributed by atoms with Gasteiger partial charge in [0.1, 0.15) is 0 Å². The van der Waals surface area contributed by atoms with Gasteiger partial charge in [0, 0.05) is 17.4 Å². The van der Waals surface area contributed by atoms with Crippen molar-refractivity contribution < 1.29 is 13.2 Å². The molecule has 0 fully saturated rings. The van der Waals surface area contributed by atoms with Crippen LogP contribution in [0.4, 0.5) is 13.2 Å². The summed E-state index contributed by atoms with van der Waals surface area (Å²) in [5, 5.41) is 0. The predicted octanol–water partition coefficient (Wildman–Crippen LogP) is 4.53. The van der Waals surface area contributed by atoms with Crippen molar-refractivity contribution in [2.75, 3.05) is 0 Å². The highest BCUT2D eigenvalue weighted by atomic mass is 19.4. The Balaban J connectivity index is 2.72. The molecule has 1 nitrogen and oxygen atoms in total. The summed E-state index contributed by atoms with van der Waals surface area (Å²) in [6.07, 6.45) is -0.522. The zero-order chi connectivity index (χ0) is 13.5. The van der Waals surface area contributed by atoms with Gasteiger partial charge < -0.3 is 4.57 Å². The molecule has 0 unspecified atom stereocenters. The molecule has 1 heterocycles. The summed E-state index contributed by atoms with van der Waals surface area (Å²) < 4.78 is 41.8. The summed E-state index contributed by atoms with van der Waals surface area (Å²) in [4.78, 5) is 0. The Hall–Kier alpha value is -0.930. The van der Waals surface area contributed by atoms with E-state index >= 15 is 0 Å². The second-order valence-electron chi connectivity index (χ2n) is 5.27. The van der Waals surface area contributed by atoms with Crippen LogP contribution in [0.15, 0.2) is 0 Å². The zero-order valence-electron chi connectivity index (χ0n) is 11.2. The first kappa shape index (κ1) is 13.5. The molecule has 1 aromatic rings. The summed E-state index contributed by atoms with van der Waals surface area (Å²) in [6, 6.07) is 0.0999. The lowest BCUT2D eigenvalue weighted by molar-refractivity contribution is -0.138. The van der Waals surface area contributed by atoms with E-state index in [9.17, 15) is 13.2 Å². The Bertz CT molecular complexity index is 441. The first-order valence-corrected chi connectivity index (χ1v) is 6.69. The Morgan fingerprint density at radius 2 is 1.78 bits per heavy atom. The summed E-state index contributed by atoms with van der Waals surface area (Å²) >= 11 is 0. The maximum atomic E-state index is 13.3. The maximum Gasteiger partial charge on any atom is 0.418 e. The third-order valence-electron chi connectivity index (χ3n) is 3.75. The number of alkyl halides is 3. The number of halogens is 3. The molecule has 0 aromatic carbocycles. The highest BCUT2D eigenvalue weighted by Gasteiger charge is 2.40. The minimum atomic E-state index is -4.22. The lowest BCUT2D eigenvalue weighted by atomic mass is 9.94. The van der Waals surface area contributed by atoms with Crippen molar-refractivity contribution in [2.24, 2.45) is 0 Å².